The van der Waals surface area contributed by atoms with Crippen LogP contribution in [0.3, 0.4) is 0 Å². The lowest BCUT2D eigenvalue weighted by Crippen LogP contribution is -2.21. The number of ether oxygens (including phenoxy) is 3. The summed E-state index contributed by atoms with van der Waals surface area (Å²) < 4.78 is 16.1. The lowest BCUT2D eigenvalue weighted by molar-refractivity contribution is 0.0499. The van der Waals surface area contributed by atoms with Crippen LogP contribution in [-0.2, 0) is 4.74 Å². The zero-order valence-corrected chi connectivity index (χ0v) is 10.1. The highest BCUT2D eigenvalue weighted by Gasteiger charge is 2.15. The highest BCUT2D eigenvalue weighted by atomic mass is 16.5. The van der Waals surface area contributed by atoms with Gasteiger partial charge in [0.05, 0.1) is 19.4 Å². The van der Waals surface area contributed by atoms with Gasteiger partial charge in [0, 0.05) is 19.3 Å². The van der Waals surface area contributed by atoms with Crippen LogP contribution < -0.4 is 15.2 Å². The molecule has 94 valence electrons. The van der Waals surface area contributed by atoms with Gasteiger partial charge in [0.25, 0.3) is 0 Å². The zero-order chi connectivity index (χ0) is 12.1. The molecule has 4 heteroatoms. The Labute approximate surface area is 102 Å². The van der Waals surface area contributed by atoms with Crippen molar-refractivity contribution in [3.05, 3.63) is 18.2 Å². The molecular weight excluding hydrogens is 218 g/mol. The number of hydrogen-bond donors (Lipinski definition) is 1. The number of nitrogen functional groups attached to an aromatic ring is 1. The molecule has 0 radical (unpaired) electrons. The lowest BCUT2D eigenvalue weighted by Gasteiger charge is -2.22. The molecule has 17 heavy (non-hydrogen) atoms. The second-order valence-corrected chi connectivity index (χ2v) is 4.27. The van der Waals surface area contributed by atoms with E-state index in [9.17, 15) is 0 Å². The maximum absolute atomic E-state index is 5.88. The van der Waals surface area contributed by atoms with Gasteiger partial charge in [-0.2, -0.15) is 0 Å². The monoisotopic (exact) mass is 237 g/mol. The van der Waals surface area contributed by atoms with Crippen LogP contribution in [0.1, 0.15) is 12.8 Å². The number of nitrogens with two attached hydrogens (primary N) is 1. The normalized spacial score (nSPS) is 16.8. The first-order valence-corrected chi connectivity index (χ1v) is 5.93. The minimum absolute atomic E-state index is 0.574. The Hall–Kier alpha value is -1.42. The van der Waals surface area contributed by atoms with Gasteiger partial charge in [-0.1, -0.05) is 0 Å². The van der Waals surface area contributed by atoms with Gasteiger partial charge in [-0.25, -0.2) is 0 Å². The molecule has 1 heterocycles. The number of methoxy groups -OCH3 is 1. The van der Waals surface area contributed by atoms with Gasteiger partial charge < -0.3 is 19.9 Å². The summed E-state index contributed by atoms with van der Waals surface area (Å²) in [5.41, 5.74) is 6.50. The first-order chi connectivity index (χ1) is 8.29. The molecule has 0 aliphatic carbocycles. The fraction of sp³-hybridized carbons (Fsp3) is 0.538. The summed E-state index contributed by atoms with van der Waals surface area (Å²) in [5.74, 6) is 2.06. The summed E-state index contributed by atoms with van der Waals surface area (Å²) in [6.45, 7) is 2.39. The Morgan fingerprint density at radius 3 is 2.76 bits per heavy atom. The molecule has 1 aliphatic rings. The van der Waals surface area contributed by atoms with Crippen molar-refractivity contribution in [2.24, 2.45) is 5.92 Å². The summed E-state index contributed by atoms with van der Waals surface area (Å²) in [7, 11) is 1.62. The quantitative estimate of drug-likeness (QED) is 0.815. The summed E-state index contributed by atoms with van der Waals surface area (Å²) in [6, 6.07) is 5.49. The number of rotatable bonds is 4. The topological polar surface area (TPSA) is 53.7 Å². The van der Waals surface area contributed by atoms with Crippen molar-refractivity contribution in [1.29, 1.82) is 0 Å². The van der Waals surface area contributed by atoms with E-state index in [1.54, 1.807) is 13.2 Å². The smallest absolute Gasteiger partial charge is 0.142 e. The van der Waals surface area contributed by atoms with Crippen molar-refractivity contribution in [1.82, 2.24) is 0 Å². The van der Waals surface area contributed by atoms with Crippen LogP contribution >= 0.6 is 0 Å². The second-order valence-electron chi connectivity index (χ2n) is 4.27. The molecule has 0 spiro atoms. The average molecular weight is 237 g/mol. The molecule has 2 rings (SSSR count). The lowest BCUT2D eigenvalue weighted by atomic mass is 10.0. The van der Waals surface area contributed by atoms with Crippen molar-refractivity contribution in [2.75, 3.05) is 32.7 Å². The Bertz CT molecular complexity index is 362. The molecule has 0 amide bonds. The molecule has 1 aromatic carbocycles. The van der Waals surface area contributed by atoms with Gasteiger partial charge in [0.1, 0.15) is 11.5 Å². The van der Waals surface area contributed by atoms with Crippen LogP contribution in [0.15, 0.2) is 18.2 Å². The fourth-order valence-corrected chi connectivity index (χ4v) is 1.91. The molecule has 0 unspecified atom stereocenters. The highest BCUT2D eigenvalue weighted by Crippen LogP contribution is 2.27. The van der Waals surface area contributed by atoms with E-state index in [0.717, 1.165) is 37.6 Å². The molecule has 1 fully saturated rings. The van der Waals surface area contributed by atoms with E-state index in [4.69, 9.17) is 19.9 Å². The van der Waals surface area contributed by atoms with Crippen molar-refractivity contribution in [2.45, 2.75) is 12.8 Å². The minimum atomic E-state index is 0.574. The molecule has 0 atom stereocenters. The first-order valence-electron chi connectivity index (χ1n) is 5.93. The van der Waals surface area contributed by atoms with E-state index < -0.39 is 0 Å². The van der Waals surface area contributed by atoms with E-state index in [1.165, 1.54) is 0 Å². The highest BCUT2D eigenvalue weighted by molar-refractivity contribution is 5.56. The van der Waals surface area contributed by atoms with Crippen molar-refractivity contribution >= 4 is 5.69 Å². The third kappa shape index (κ3) is 3.27. The zero-order valence-electron chi connectivity index (χ0n) is 10.1. The van der Waals surface area contributed by atoms with Crippen molar-refractivity contribution in [3.63, 3.8) is 0 Å². The number of anilines is 1. The van der Waals surface area contributed by atoms with Gasteiger partial charge in [-0.3, -0.25) is 0 Å². The van der Waals surface area contributed by atoms with Gasteiger partial charge >= 0.3 is 0 Å². The SMILES string of the molecule is COc1ccc(OCC2CCOCC2)c(N)c1. The third-order valence-electron chi connectivity index (χ3n) is 3.03. The van der Waals surface area contributed by atoms with E-state index in [2.05, 4.69) is 0 Å². The summed E-state index contributed by atoms with van der Waals surface area (Å²) >= 11 is 0. The molecular formula is C13H19NO3. The van der Waals surface area contributed by atoms with Crippen LogP contribution in [0.2, 0.25) is 0 Å². The summed E-state index contributed by atoms with van der Waals surface area (Å²) in [5, 5.41) is 0. The maximum atomic E-state index is 5.88. The molecule has 2 N–H and O–H groups in total. The molecule has 1 aliphatic heterocycles. The van der Waals surface area contributed by atoms with Crippen LogP contribution in [0.4, 0.5) is 5.69 Å². The van der Waals surface area contributed by atoms with Crippen molar-refractivity contribution in [3.8, 4) is 11.5 Å². The second kappa shape index (κ2) is 5.77. The molecule has 0 aromatic heterocycles. The predicted molar refractivity (Wildman–Crippen MR) is 66.4 cm³/mol. The van der Waals surface area contributed by atoms with Crippen LogP contribution in [0.5, 0.6) is 11.5 Å². The Kier molecular flexibility index (Phi) is 4.09. The van der Waals surface area contributed by atoms with E-state index in [1.807, 2.05) is 12.1 Å². The van der Waals surface area contributed by atoms with Crippen LogP contribution in [0.25, 0.3) is 0 Å². The maximum Gasteiger partial charge on any atom is 0.142 e. The standard InChI is InChI=1S/C13H19NO3/c1-15-11-2-3-13(12(14)8-11)17-9-10-4-6-16-7-5-10/h2-3,8,10H,4-7,9,14H2,1H3. The van der Waals surface area contributed by atoms with Gasteiger partial charge in [-0.15, -0.1) is 0 Å². The molecule has 0 bridgehead atoms. The number of hydrogen-bond acceptors (Lipinski definition) is 4. The van der Waals surface area contributed by atoms with E-state index in [-0.39, 0.29) is 0 Å². The third-order valence-corrected chi connectivity index (χ3v) is 3.03. The average Bonchev–Trinajstić information content (AvgIpc) is 2.38. The van der Waals surface area contributed by atoms with Crippen molar-refractivity contribution < 1.29 is 14.2 Å². The first kappa shape index (κ1) is 12.0. The Morgan fingerprint density at radius 1 is 1.35 bits per heavy atom. The van der Waals surface area contributed by atoms with Gasteiger partial charge in [0.15, 0.2) is 0 Å². The fourth-order valence-electron chi connectivity index (χ4n) is 1.91. The Morgan fingerprint density at radius 2 is 2.12 bits per heavy atom. The largest absolute Gasteiger partial charge is 0.497 e. The van der Waals surface area contributed by atoms with Gasteiger partial charge in [0.2, 0.25) is 0 Å². The molecule has 1 saturated heterocycles. The molecule has 0 saturated carbocycles. The predicted octanol–water partition coefficient (Wildman–Crippen LogP) is 2.08. The molecule has 4 nitrogen and oxygen atoms in total. The van der Waals surface area contributed by atoms with E-state index in [0.29, 0.717) is 18.2 Å². The van der Waals surface area contributed by atoms with Crippen LogP contribution in [0, 0.1) is 5.92 Å². The minimum Gasteiger partial charge on any atom is -0.497 e. The summed E-state index contributed by atoms with van der Waals surface area (Å²) in [6.07, 6.45) is 2.13. The number of benzene rings is 1. The summed E-state index contributed by atoms with van der Waals surface area (Å²) in [4.78, 5) is 0. The van der Waals surface area contributed by atoms with E-state index >= 15 is 0 Å². The molecule has 1 aromatic rings. The van der Waals surface area contributed by atoms with Crippen LogP contribution in [-0.4, -0.2) is 26.9 Å². The Balaban J connectivity index is 1.89. The van der Waals surface area contributed by atoms with Gasteiger partial charge in [-0.05, 0) is 30.9 Å².